The van der Waals surface area contributed by atoms with Crippen molar-refractivity contribution in [3.63, 3.8) is 0 Å². The van der Waals surface area contributed by atoms with E-state index in [9.17, 15) is 4.79 Å². The fourth-order valence-electron chi connectivity index (χ4n) is 3.83. The predicted octanol–water partition coefficient (Wildman–Crippen LogP) is 4.36. The number of nitrogens with zero attached hydrogens (tertiary/aromatic N) is 5. The fraction of sp³-hybridized carbons (Fsp3) is 0.192. The van der Waals surface area contributed by atoms with Gasteiger partial charge in [0.25, 0.3) is 5.89 Å². The molecule has 1 aliphatic heterocycles. The van der Waals surface area contributed by atoms with Crippen LogP contribution in [0.1, 0.15) is 23.4 Å². The van der Waals surface area contributed by atoms with Gasteiger partial charge in [0.15, 0.2) is 0 Å². The third-order valence-corrected chi connectivity index (χ3v) is 5.69. The van der Waals surface area contributed by atoms with Crippen LogP contribution in [0.25, 0.3) is 28.6 Å². The van der Waals surface area contributed by atoms with E-state index in [2.05, 4.69) is 21.3 Å². The standard InChI is InChI=1S/C26H23N5O2/c1-18-24(26-30-29-25(33-26)21-10-6-3-7-11-21)28-22(17-27-18)20-12-14-31(15-13-20)23(32)16-19-8-4-2-5-9-19/h2-12,17H,13-16H2,1H3. The van der Waals surface area contributed by atoms with Crippen molar-refractivity contribution in [1.29, 1.82) is 0 Å². The van der Waals surface area contributed by atoms with Gasteiger partial charge in [-0.15, -0.1) is 10.2 Å². The summed E-state index contributed by atoms with van der Waals surface area (Å²) in [5.41, 5.74) is 5.01. The van der Waals surface area contributed by atoms with E-state index in [1.165, 1.54) is 0 Å². The van der Waals surface area contributed by atoms with Crippen molar-refractivity contribution in [2.45, 2.75) is 19.8 Å². The Labute approximate surface area is 191 Å². The van der Waals surface area contributed by atoms with Gasteiger partial charge < -0.3 is 9.32 Å². The molecule has 2 aromatic heterocycles. The Kier molecular flexibility index (Phi) is 5.76. The molecular weight excluding hydrogens is 414 g/mol. The molecule has 0 atom stereocenters. The molecule has 0 radical (unpaired) electrons. The lowest BCUT2D eigenvalue weighted by Crippen LogP contribution is -2.35. The molecule has 164 valence electrons. The van der Waals surface area contributed by atoms with Crippen LogP contribution in [0.3, 0.4) is 0 Å². The van der Waals surface area contributed by atoms with Crippen molar-refractivity contribution < 1.29 is 9.21 Å². The highest BCUT2D eigenvalue weighted by Gasteiger charge is 2.21. The normalized spacial score (nSPS) is 13.6. The van der Waals surface area contributed by atoms with Crippen LogP contribution in [-0.2, 0) is 11.2 Å². The lowest BCUT2D eigenvalue weighted by Gasteiger charge is -2.26. The number of aryl methyl sites for hydroxylation is 1. The highest BCUT2D eigenvalue weighted by atomic mass is 16.4. The number of carbonyl (C=O) groups is 1. The number of aromatic nitrogens is 4. The molecule has 3 heterocycles. The topological polar surface area (TPSA) is 85.0 Å². The molecule has 1 aliphatic rings. The zero-order chi connectivity index (χ0) is 22.6. The maximum atomic E-state index is 12.7. The van der Waals surface area contributed by atoms with Gasteiger partial charge >= 0.3 is 0 Å². The number of rotatable bonds is 5. The Morgan fingerprint density at radius 3 is 2.45 bits per heavy atom. The van der Waals surface area contributed by atoms with Gasteiger partial charge in [-0.2, -0.15) is 0 Å². The van der Waals surface area contributed by atoms with Crippen LogP contribution in [0.4, 0.5) is 0 Å². The minimum absolute atomic E-state index is 0.131. The van der Waals surface area contributed by atoms with Gasteiger partial charge in [0.1, 0.15) is 5.69 Å². The lowest BCUT2D eigenvalue weighted by molar-refractivity contribution is -0.130. The molecule has 0 fully saturated rings. The molecule has 33 heavy (non-hydrogen) atoms. The molecule has 1 amide bonds. The second-order valence-corrected chi connectivity index (χ2v) is 7.95. The van der Waals surface area contributed by atoms with Crippen molar-refractivity contribution in [2.75, 3.05) is 13.1 Å². The highest BCUT2D eigenvalue weighted by molar-refractivity contribution is 5.80. The number of carbonyl (C=O) groups excluding carboxylic acids is 1. The van der Waals surface area contributed by atoms with Crippen LogP contribution >= 0.6 is 0 Å². The molecule has 5 rings (SSSR count). The van der Waals surface area contributed by atoms with Crippen molar-refractivity contribution in [3.05, 3.63) is 89.9 Å². The monoisotopic (exact) mass is 437 g/mol. The Balaban J connectivity index is 1.32. The zero-order valence-electron chi connectivity index (χ0n) is 18.3. The summed E-state index contributed by atoms with van der Waals surface area (Å²) in [5.74, 6) is 0.921. The Morgan fingerprint density at radius 2 is 1.73 bits per heavy atom. The van der Waals surface area contributed by atoms with Gasteiger partial charge in [0, 0.05) is 18.7 Å². The average molecular weight is 438 g/mol. The van der Waals surface area contributed by atoms with E-state index in [-0.39, 0.29) is 5.91 Å². The first-order valence-electron chi connectivity index (χ1n) is 10.9. The van der Waals surface area contributed by atoms with Crippen LogP contribution < -0.4 is 0 Å². The molecule has 0 unspecified atom stereocenters. The summed E-state index contributed by atoms with van der Waals surface area (Å²) in [7, 11) is 0. The smallest absolute Gasteiger partial charge is 0.268 e. The van der Waals surface area contributed by atoms with Crippen molar-refractivity contribution in [1.82, 2.24) is 25.1 Å². The maximum Gasteiger partial charge on any atom is 0.268 e. The Hall–Kier alpha value is -4.13. The van der Waals surface area contributed by atoms with E-state index in [1.807, 2.05) is 72.5 Å². The second-order valence-electron chi connectivity index (χ2n) is 7.95. The number of benzene rings is 2. The van der Waals surface area contributed by atoms with Gasteiger partial charge in [-0.1, -0.05) is 54.6 Å². The first kappa shape index (κ1) is 20.8. The van der Waals surface area contributed by atoms with Gasteiger partial charge in [-0.25, -0.2) is 4.98 Å². The summed E-state index contributed by atoms with van der Waals surface area (Å²) >= 11 is 0. The zero-order valence-corrected chi connectivity index (χ0v) is 18.3. The van der Waals surface area contributed by atoms with Crippen molar-refractivity contribution >= 4 is 11.5 Å². The summed E-state index contributed by atoms with van der Waals surface area (Å²) in [6.07, 6.45) is 4.95. The Bertz CT molecular complexity index is 1300. The fourth-order valence-corrected chi connectivity index (χ4v) is 3.83. The largest absolute Gasteiger partial charge is 0.415 e. The molecule has 2 aromatic carbocycles. The van der Waals surface area contributed by atoms with E-state index in [0.29, 0.717) is 37.0 Å². The third-order valence-electron chi connectivity index (χ3n) is 5.69. The minimum Gasteiger partial charge on any atom is -0.415 e. The van der Waals surface area contributed by atoms with E-state index in [4.69, 9.17) is 9.40 Å². The molecule has 0 spiro atoms. The maximum absolute atomic E-state index is 12.7. The molecular formula is C26H23N5O2. The second kappa shape index (κ2) is 9.16. The van der Waals surface area contributed by atoms with Gasteiger partial charge in [-0.3, -0.25) is 9.78 Å². The average Bonchev–Trinajstić information content (AvgIpc) is 3.36. The first-order chi connectivity index (χ1) is 16.2. The van der Waals surface area contributed by atoms with Gasteiger partial charge in [0.05, 0.1) is 24.0 Å². The molecule has 0 N–H and O–H groups in total. The molecule has 0 saturated carbocycles. The van der Waals surface area contributed by atoms with Crippen LogP contribution in [-0.4, -0.2) is 44.1 Å². The summed E-state index contributed by atoms with van der Waals surface area (Å²) < 4.78 is 5.89. The first-order valence-corrected chi connectivity index (χ1v) is 10.9. The van der Waals surface area contributed by atoms with Gasteiger partial charge in [0.2, 0.25) is 11.8 Å². The summed E-state index contributed by atoms with van der Waals surface area (Å²) in [4.78, 5) is 23.8. The summed E-state index contributed by atoms with van der Waals surface area (Å²) in [6.45, 7) is 3.09. The molecule has 0 aliphatic carbocycles. The van der Waals surface area contributed by atoms with Crippen LogP contribution in [0.2, 0.25) is 0 Å². The van der Waals surface area contributed by atoms with E-state index in [0.717, 1.165) is 34.5 Å². The third kappa shape index (κ3) is 4.57. The predicted molar refractivity (Wildman–Crippen MR) is 125 cm³/mol. The summed E-state index contributed by atoms with van der Waals surface area (Å²) in [5, 5.41) is 8.36. The van der Waals surface area contributed by atoms with Crippen molar-refractivity contribution in [3.8, 4) is 23.0 Å². The SMILES string of the molecule is Cc1ncc(C2=CCN(C(=O)Cc3ccccc3)CC2)nc1-c1nnc(-c2ccccc2)o1. The van der Waals surface area contributed by atoms with E-state index >= 15 is 0 Å². The number of amides is 1. The van der Waals surface area contributed by atoms with Crippen molar-refractivity contribution in [2.24, 2.45) is 0 Å². The highest BCUT2D eigenvalue weighted by Crippen LogP contribution is 2.27. The lowest BCUT2D eigenvalue weighted by atomic mass is 10.0. The summed E-state index contributed by atoms with van der Waals surface area (Å²) in [6, 6.07) is 19.5. The van der Waals surface area contributed by atoms with Crippen LogP contribution in [0.5, 0.6) is 0 Å². The number of hydrogen-bond acceptors (Lipinski definition) is 6. The molecule has 4 aromatic rings. The minimum atomic E-state index is 0.131. The molecule has 7 heteroatoms. The van der Waals surface area contributed by atoms with E-state index < -0.39 is 0 Å². The molecule has 0 bridgehead atoms. The van der Waals surface area contributed by atoms with Crippen LogP contribution in [0.15, 0.2) is 77.4 Å². The quantitative estimate of drug-likeness (QED) is 0.461. The molecule has 0 saturated heterocycles. The van der Waals surface area contributed by atoms with E-state index in [1.54, 1.807) is 6.20 Å². The Morgan fingerprint density at radius 1 is 1.00 bits per heavy atom. The van der Waals surface area contributed by atoms with Gasteiger partial charge in [-0.05, 0) is 36.6 Å². The number of hydrogen-bond donors (Lipinski definition) is 0. The molecule has 7 nitrogen and oxygen atoms in total. The van der Waals surface area contributed by atoms with Crippen LogP contribution in [0, 0.1) is 6.92 Å².